The van der Waals surface area contributed by atoms with Crippen LogP contribution in [0.5, 0.6) is 5.75 Å². The summed E-state index contributed by atoms with van der Waals surface area (Å²) in [7, 11) is 2.08. The fraction of sp³-hybridized carbons (Fsp3) is 0.278. The molecule has 2 N–H and O–H groups in total. The van der Waals surface area contributed by atoms with Crippen LogP contribution in [0, 0.1) is 0 Å². The summed E-state index contributed by atoms with van der Waals surface area (Å²) in [6.07, 6.45) is 0.896. The Hall–Kier alpha value is -2.33. The van der Waals surface area contributed by atoms with E-state index in [0.717, 1.165) is 19.5 Å². The Kier molecular flexibility index (Phi) is 5.98. The first-order valence-corrected chi connectivity index (χ1v) is 7.45. The van der Waals surface area contributed by atoms with Crippen LogP contribution in [0.25, 0.3) is 0 Å². The van der Waals surface area contributed by atoms with Gasteiger partial charge in [-0.05, 0) is 49.8 Å². The lowest BCUT2D eigenvalue weighted by molar-refractivity contribution is 0.0952. The Morgan fingerprint density at radius 2 is 1.77 bits per heavy atom. The molecular weight excluding hydrogens is 276 g/mol. The van der Waals surface area contributed by atoms with Gasteiger partial charge >= 0.3 is 0 Å². The zero-order valence-electron chi connectivity index (χ0n) is 12.8. The minimum Gasteiger partial charge on any atom is -0.508 e. The molecule has 0 bridgehead atoms. The van der Waals surface area contributed by atoms with E-state index in [0.29, 0.717) is 12.1 Å². The molecule has 0 unspecified atom stereocenters. The van der Waals surface area contributed by atoms with Crippen molar-refractivity contribution in [3.8, 4) is 5.75 Å². The average molecular weight is 298 g/mol. The number of carbonyl (C=O) groups excluding carboxylic acids is 1. The topological polar surface area (TPSA) is 52.6 Å². The predicted octanol–water partition coefficient (Wildman–Crippen LogP) is 2.64. The van der Waals surface area contributed by atoms with Crippen LogP contribution >= 0.6 is 0 Å². The van der Waals surface area contributed by atoms with Crippen molar-refractivity contribution in [2.45, 2.75) is 13.0 Å². The fourth-order valence-electron chi connectivity index (χ4n) is 2.24. The van der Waals surface area contributed by atoms with E-state index in [4.69, 9.17) is 0 Å². The maximum atomic E-state index is 11.9. The lowest BCUT2D eigenvalue weighted by Crippen LogP contribution is -2.28. The minimum absolute atomic E-state index is 0.106. The highest BCUT2D eigenvalue weighted by atomic mass is 16.3. The molecule has 0 atom stereocenters. The van der Waals surface area contributed by atoms with E-state index in [1.165, 1.54) is 17.7 Å². The van der Waals surface area contributed by atoms with Gasteiger partial charge in [0.05, 0.1) is 0 Å². The first-order chi connectivity index (χ1) is 10.6. The van der Waals surface area contributed by atoms with Crippen molar-refractivity contribution in [3.05, 3.63) is 65.7 Å². The number of hydrogen-bond acceptors (Lipinski definition) is 3. The quantitative estimate of drug-likeness (QED) is 0.773. The summed E-state index contributed by atoms with van der Waals surface area (Å²) >= 11 is 0. The number of phenols is 1. The van der Waals surface area contributed by atoms with E-state index < -0.39 is 0 Å². The van der Waals surface area contributed by atoms with Crippen LogP contribution in [0.2, 0.25) is 0 Å². The second-order valence-corrected chi connectivity index (χ2v) is 5.38. The third-order valence-corrected chi connectivity index (χ3v) is 3.43. The second-order valence-electron chi connectivity index (χ2n) is 5.38. The Morgan fingerprint density at radius 1 is 1.09 bits per heavy atom. The molecule has 0 fully saturated rings. The summed E-state index contributed by atoms with van der Waals surface area (Å²) in [6.45, 7) is 2.47. The van der Waals surface area contributed by atoms with Gasteiger partial charge in [-0.15, -0.1) is 0 Å². The Morgan fingerprint density at radius 3 is 2.45 bits per heavy atom. The van der Waals surface area contributed by atoms with E-state index >= 15 is 0 Å². The lowest BCUT2D eigenvalue weighted by atomic mass is 10.2. The van der Waals surface area contributed by atoms with Crippen LogP contribution < -0.4 is 5.32 Å². The number of amides is 1. The number of hydrogen-bond donors (Lipinski definition) is 2. The zero-order chi connectivity index (χ0) is 15.8. The molecule has 4 nitrogen and oxygen atoms in total. The molecule has 0 aromatic heterocycles. The average Bonchev–Trinajstić information content (AvgIpc) is 2.53. The molecule has 0 spiro atoms. The largest absolute Gasteiger partial charge is 0.508 e. The molecule has 0 saturated heterocycles. The van der Waals surface area contributed by atoms with E-state index in [2.05, 4.69) is 29.4 Å². The van der Waals surface area contributed by atoms with Crippen LogP contribution in [-0.2, 0) is 6.54 Å². The molecule has 0 saturated carbocycles. The highest BCUT2D eigenvalue weighted by Crippen LogP contribution is 2.09. The molecule has 4 heteroatoms. The molecule has 2 rings (SSSR count). The SMILES string of the molecule is CN(CCCNC(=O)c1ccc(O)cc1)Cc1ccccc1. The summed E-state index contributed by atoms with van der Waals surface area (Å²) in [4.78, 5) is 14.1. The van der Waals surface area contributed by atoms with Gasteiger partial charge in [-0.25, -0.2) is 0 Å². The van der Waals surface area contributed by atoms with Crippen molar-refractivity contribution in [2.24, 2.45) is 0 Å². The van der Waals surface area contributed by atoms with Gasteiger partial charge in [0.25, 0.3) is 5.91 Å². The van der Waals surface area contributed by atoms with Gasteiger partial charge in [-0.3, -0.25) is 4.79 Å². The van der Waals surface area contributed by atoms with Crippen LogP contribution in [0.15, 0.2) is 54.6 Å². The monoisotopic (exact) mass is 298 g/mol. The van der Waals surface area contributed by atoms with Crippen molar-refractivity contribution in [2.75, 3.05) is 20.1 Å². The molecule has 0 radical (unpaired) electrons. The number of benzene rings is 2. The maximum Gasteiger partial charge on any atom is 0.251 e. The molecule has 0 heterocycles. The number of nitrogens with zero attached hydrogens (tertiary/aromatic N) is 1. The molecule has 1 amide bonds. The van der Waals surface area contributed by atoms with Gasteiger partial charge in [0.2, 0.25) is 0 Å². The smallest absolute Gasteiger partial charge is 0.251 e. The van der Waals surface area contributed by atoms with Gasteiger partial charge < -0.3 is 15.3 Å². The van der Waals surface area contributed by atoms with Crippen LogP contribution in [-0.4, -0.2) is 36.1 Å². The molecule has 116 valence electrons. The summed E-state index contributed by atoms with van der Waals surface area (Å²) in [5, 5.41) is 12.1. The van der Waals surface area contributed by atoms with Gasteiger partial charge in [0.15, 0.2) is 0 Å². The number of carbonyl (C=O) groups is 1. The first-order valence-electron chi connectivity index (χ1n) is 7.45. The Balaban J connectivity index is 1.66. The number of phenolic OH excluding ortho intramolecular Hbond substituents is 1. The maximum absolute atomic E-state index is 11.9. The van der Waals surface area contributed by atoms with Crippen molar-refractivity contribution in [3.63, 3.8) is 0 Å². The summed E-state index contributed by atoms with van der Waals surface area (Å²) < 4.78 is 0. The van der Waals surface area contributed by atoms with Gasteiger partial charge in [-0.1, -0.05) is 30.3 Å². The zero-order valence-corrected chi connectivity index (χ0v) is 12.8. The van der Waals surface area contributed by atoms with Crippen molar-refractivity contribution >= 4 is 5.91 Å². The van der Waals surface area contributed by atoms with E-state index in [1.54, 1.807) is 12.1 Å². The van der Waals surface area contributed by atoms with Crippen LogP contribution in [0.1, 0.15) is 22.3 Å². The summed E-state index contributed by atoms with van der Waals surface area (Å²) in [6, 6.07) is 16.6. The lowest BCUT2D eigenvalue weighted by Gasteiger charge is -2.16. The van der Waals surface area contributed by atoms with E-state index in [-0.39, 0.29) is 11.7 Å². The van der Waals surface area contributed by atoms with Crippen LogP contribution in [0.4, 0.5) is 0 Å². The van der Waals surface area contributed by atoms with E-state index in [1.807, 2.05) is 18.2 Å². The third-order valence-electron chi connectivity index (χ3n) is 3.43. The van der Waals surface area contributed by atoms with Gasteiger partial charge in [-0.2, -0.15) is 0 Å². The van der Waals surface area contributed by atoms with Crippen molar-refractivity contribution in [1.82, 2.24) is 10.2 Å². The molecular formula is C18H22N2O2. The standard InChI is InChI=1S/C18H22N2O2/c1-20(14-15-6-3-2-4-7-15)13-5-12-19-18(22)16-8-10-17(21)11-9-16/h2-4,6-11,21H,5,12-14H2,1H3,(H,19,22). The number of nitrogens with one attached hydrogen (secondary N) is 1. The van der Waals surface area contributed by atoms with Gasteiger partial charge in [0.1, 0.15) is 5.75 Å². The molecule has 0 aliphatic carbocycles. The summed E-state index contributed by atoms with van der Waals surface area (Å²) in [5.74, 6) is 0.0600. The molecule has 0 aliphatic heterocycles. The molecule has 2 aromatic rings. The van der Waals surface area contributed by atoms with Crippen LogP contribution in [0.3, 0.4) is 0 Å². The molecule has 2 aromatic carbocycles. The Bertz CT molecular complexity index is 582. The number of aromatic hydroxyl groups is 1. The van der Waals surface area contributed by atoms with Crippen molar-refractivity contribution in [1.29, 1.82) is 0 Å². The highest BCUT2D eigenvalue weighted by Gasteiger charge is 2.05. The highest BCUT2D eigenvalue weighted by molar-refractivity contribution is 5.94. The predicted molar refractivity (Wildman–Crippen MR) is 87.8 cm³/mol. The Labute approximate surface area is 131 Å². The minimum atomic E-state index is -0.106. The fourth-order valence-corrected chi connectivity index (χ4v) is 2.24. The molecule has 22 heavy (non-hydrogen) atoms. The first kappa shape index (κ1) is 16.0. The number of rotatable bonds is 7. The van der Waals surface area contributed by atoms with E-state index in [9.17, 15) is 9.90 Å². The van der Waals surface area contributed by atoms with Gasteiger partial charge in [0, 0.05) is 18.7 Å². The summed E-state index contributed by atoms with van der Waals surface area (Å²) in [5.41, 5.74) is 1.86. The molecule has 0 aliphatic rings. The normalized spacial score (nSPS) is 10.6. The third kappa shape index (κ3) is 5.22. The second kappa shape index (κ2) is 8.20. The van der Waals surface area contributed by atoms with Crippen molar-refractivity contribution < 1.29 is 9.90 Å².